The van der Waals surface area contributed by atoms with Crippen LogP contribution in [0.4, 0.5) is 0 Å². The first kappa shape index (κ1) is 14.4. The molecule has 2 nitrogen and oxygen atoms in total. The maximum absolute atomic E-state index is 3.81. The molecule has 6 rings (SSSR count). The third-order valence-electron chi connectivity index (χ3n) is 6.69. The van der Waals surface area contributed by atoms with Gasteiger partial charge in [-0.25, -0.2) is 0 Å². The van der Waals surface area contributed by atoms with Crippen molar-refractivity contribution in [1.29, 1.82) is 0 Å². The van der Waals surface area contributed by atoms with Crippen LogP contribution < -0.4 is 0 Å². The van der Waals surface area contributed by atoms with E-state index in [-0.39, 0.29) is 0 Å². The van der Waals surface area contributed by atoms with Gasteiger partial charge >= 0.3 is 0 Å². The number of hydrogen-bond donors (Lipinski definition) is 2. The molecule has 0 spiro atoms. The second-order valence-corrected chi connectivity index (χ2v) is 8.01. The molecule has 2 aliphatic carbocycles. The molecule has 2 aromatic carbocycles. The van der Waals surface area contributed by atoms with Gasteiger partial charge in [0.2, 0.25) is 0 Å². The van der Waals surface area contributed by atoms with E-state index in [1.165, 1.54) is 45.0 Å². The largest absolute Gasteiger partial charge is 0.361 e. The van der Waals surface area contributed by atoms with E-state index < -0.39 is 0 Å². The smallest absolute Gasteiger partial charge is 0.0459 e. The van der Waals surface area contributed by atoms with Gasteiger partial charge in [-0.2, -0.15) is 0 Å². The van der Waals surface area contributed by atoms with Gasteiger partial charge in [0.1, 0.15) is 0 Å². The first-order valence-corrected chi connectivity index (χ1v) is 9.66. The predicted octanol–water partition coefficient (Wildman–Crippen LogP) is 6.09. The molecule has 2 aliphatic rings. The minimum atomic E-state index is 0.429. The van der Waals surface area contributed by atoms with Crippen LogP contribution in [0.1, 0.15) is 42.0 Å². The van der Waals surface area contributed by atoms with Gasteiger partial charge in [-0.1, -0.05) is 55.5 Å². The van der Waals surface area contributed by atoms with Gasteiger partial charge in [-0.3, -0.25) is 0 Å². The van der Waals surface area contributed by atoms with E-state index in [4.69, 9.17) is 0 Å². The number of nitrogens with one attached hydrogen (secondary N) is 2. The number of aromatic nitrogens is 2. The lowest BCUT2D eigenvalue weighted by molar-refractivity contribution is 0.308. The first-order valence-electron chi connectivity index (χ1n) is 9.66. The number of hydrogen-bond acceptors (Lipinski definition) is 0. The van der Waals surface area contributed by atoms with E-state index >= 15 is 0 Å². The second kappa shape index (κ2) is 5.14. The van der Waals surface area contributed by atoms with E-state index in [0.29, 0.717) is 23.7 Å². The van der Waals surface area contributed by atoms with Crippen LogP contribution in [0.3, 0.4) is 0 Å². The molecule has 2 N–H and O–H groups in total. The molecule has 0 saturated heterocycles. The highest BCUT2D eigenvalue weighted by Gasteiger charge is 2.46. The Bertz CT molecular complexity index is 1160. The fourth-order valence-corrected chi connectivity index (χ4v) is 5.60. The quantitative estimate of drug-likeness (QED) is 0.394. The monoisotopic (exact) mass is 338 g/mol. The van der Waals surface area contributed by atoms with Crippen molar-refractivity contribution in [3.63, 3.8) is 0 Å². The highest BCUT2D eigenvalue weighted by Crippen LogP contribution is 2.58. The molecule has 0 bridgehead atoms. The summed E-state index contributed by atoms with van der Waals surface area (Å²) in [7, 11) is 0. The number of aromatic amines is 2. The first-order chi connectivity index (χ1) is 12.8. The van der Waals surface area contributed by atoms with Gasteiger partial charge < -0.3 is 9.97 Å². The van der Waals surface area contributed by atoms with Crippen molar-refractivity contribution in [2.75, 3.05) is 0 Å². The van der Waals surface area contributed by atoms with Gasteiger partial charge in [0.05, 0.1) is 0 Å². The fourth-order valence-electron chi connectivity index (χ4n) is 5.60. The van der Waals surface area contributed by atoms with Crippen molar-refractivity contribution in [1.82, 2.24) is 9.97 Å². The summed E-state index contributed by atoms with van der Waals surface area (Å²) in [5, 5.41) is 2.77. The zero-order valence-electron chi connectivity index (χ0n) is 14.9. The Hall–Kier alpha value is -2.74. The summed E-state index contributed by atoms with van der Waals surface area (Å²) in [6.45, 7) is 2.43. The number of fused-ring (bicyclic) bond motifs is 6. The van der Waals surface area contributed by atoms with Crippen LogP contribution in [0.2, 0.25) is 0 Å². The third kappa shape index (κ3) is 1.77. The minimum absolute atomic E-state index is 0.429. The minimum Gasteiger partial charge on any atom is -0.361 e. The average molecular weight is 338 g/mol. The molecule has 128 valence electrons. The molecule has 4 aromatic rings. The van der Waals surface area contributed by atoms with Crippen LogP contribution in [0.5, 0.6) is 0 Å². The number of H-pyrrole nitrogens is 2. The summed E-state index contributed by atoms with van der Waals surface area (Å²) in [5.41, 5.74) is 6.92. The second-order valence-electron chi connectivity index (χ2n) is 8.01. The lowest BCUT2D eigenvalue weighted by atomic mass is 9.71. The van der Waals surface area contributed by atoms with Gasteiger partial charge in [0, 0.05) is 45.5 Å². The van der Waals surface area contributed by atoms with Gasteiger partial charge in [-0.05, 0) is 41.5 Å². The topological polar surface area (TPSA) is 31.6 Å². The Balaban J connectivity index is 1.66. The maximum atomic E-state index is 3.81. The van der Waals surface area contributed by atoms with Crippen molar-refractivity contribution in [2.45, 2.75) is 25.2 Å². The number of allylic oxidation sites excluding steroid dienone is 2. The SMILES string of the molecule is C[C@@H]1CC=C[C@H]2c3c([nH]c4ccccc34)[C@H](c3c[nH]c4ccccc34)[C@@H]12. The molecule has 0 radical (unpaired) electrons. The van der Waals surface area contributed by atoms with E-state index in [0.717, 1.165) is 0 Å². The lowest BCUT2D eigenvalue weighted by Gasteiger charge is -2.32. The van der Waals surface area contributed by atoms with Crippen molar-refractivity contribution < 1.29 is 0 Å². The summed E-state index contributed by atoms with van der Waals surface area (Å²) in [4.78, 5) is 7.32. The Morgan fingerprint density at radius 3 is 2.58 bits per heavy atom. The van der Waals surface area contributed by atoms with Crippen LogP contribution in [-0.4, -0.2) is 9.97 Å². The molecule has 4 atom stereocenters. The van der Waals surface area contributed by atoms with Crippen molar-refractivity contribution >= 4 is 21.8 Å². The van der Waals surface area contributed by atoms with Crippen LogP contribution in [0.15, 0.2) is 66.9 Å². The van der Waals surface area contributed by atoms with Crippen LogP contribution in [-0.2, 0) is 0 Å². The fraction of sp³-hybridized carbons (Fsp3) is 0.250. The van der Waals surface area contributed by atoms with Crippen molar-refractivity contribution in [2.24, 2.45) is 11.8 Å². The van der Waals surface area contributed by atoms with E-state index in [1.807, 2.05) is 0 Å². The molecule has 0 aliphatic heterocycles. The molecule has 2 heteroatoms. The lowest BCUT2D eigenvalue weighted by Crippen LogP contribution is -2.23. The van der Waals surface area contributed by atoms with E-state index in [9.17, 15) is 0 Å². The predicted molar refractivity (Wildman–Crippen MR) is 108 cm³/mol. The van der Waals surface area contributed by atoms with Crippen LogP contribution >= 0.6 is 0 Å². The molecule has 0 fully saturated rings. The third-order valence-corrected chi connectivity index (χ3v) is 6.69. The summed E-state index contributed by atoms with van der Waals surface area (Å²) in [6, 6.07) is 17.5. The number of rotatable bonds is 1. The molecule has 0 amide bonds. The Kier molecular flexibility index (Phi) is 2.85. The average Bonchev–Trinajstić information content (AvgIpc) is 3.33. The Labute approximate surface area is 152 Å². The number of benzene rings is 2. The van der Waals surface area contributed by atoms with Gasteiger partial charge in [-0.15, -0.1) is 0 Å². The molecule has 0 unspecified atom stereocenters. The molecule has 2 aromatic heterocycles. The van der Waals surface area contributed by atoms with Crippen LogP contribution in [0.25, 0.3) is 21.8 Å². The Morgan fingerprint density at radius 2 is 1.69 bits per heavy atom. The number of para-hydroxylation sites is 2. The molecular formula is C24H22N2. The molecule has 26 heavy (non-hydrogen) atoms. The highest BCUT2D eigenvalue weighted by atomic mass is 14.8. The zero-order chi connectivity index (χ0) is 17.3. The normalized spacial score (nSPS) is 27.1. The Morgan fingerprint density at radius 1 is 0.923 bits per heavy atom. The summed E-state index contributed by atoms with van der Waals surface area (Å²) < 4.78 is 0. The van der Waals surface area contributed by atoms with Gasteiger partial charge in [0.15, 0.2) is 0 Å². The summed E-state index contributed by atoms with van der Waals surface area (Å²) >= 11 is 0. The van der Waals surface area contributed by atoms with Crippen molar-refractivity contribution in [3.8, 4) is 0 Å². The summed E-state index contributed by atoms with van der Waals surface area (Å²) in [6.07, 6.45) is 8.30. The summed E-state index contributed by atoms with van der Waals surface area (Å²) in [5.74, 6) is 2.26. The molecular weight excluding hydrogens is 316 g/mol. The molecule has 2 heterocycles. The maximum Gasteiger partial charge on any atom is 0.0459 e. The van der Waals surface area contributed by atoms with Crippen molar-refractivity contribution in [3.05, 3.63) is 83.7 Å². The highest BCUT2D eigenvalue weighted by molar-refractivity contribution is 5.89. The zero-order valence-corrected chi connectivity index (χ0v) is 14.9. The van der Waals surface area contributed by atoms with Crippen LogP contribution in [0, 0.1) is 11.8 Å². The van der Waals surface area contributed by atoms with E-state index in [1.54, 1.807) is 0 Å². The molecule has 0 saturated carbocycles. The van der Waals surface area contributed by atoms with Gasteiger partial charge in [0.25, 0.3) is 0 Å². The standard InChI is InChI=1S/C24H22N2/c1-14-7-6-10-17-21(14)23(18-13-25-19-11-4-2-8-15(18)19)24-22(17)16-9-3-5-12-20(16)26-24/h2-6,8-14,17,21,23,25-26H,7H2,1H3/t14-,17-,21+,23-/m1/s1. The van der Waals surface area contributed by atoms with E-state index in [2.05, 4.69) is 83.8 Å².